The molecule has 0 saturated carbocycles. The molecule has 0 saturated heterocycles. The number of hydrogen-bond acceptors (Lipinski definition) is 3. The van der Waals surface area contributed by atoms with Crippen molar-refractivity contribution in [1.82, 2.24) is 4.98 Å². The van der Waals surface area contributed by atoms with Crippen LogP contribution >= 0.6 is 46.1 Å². The van der Waals surface area contributed by atoms with Gasteiger partial charge in [0.05, 0.1) is 14.7 Å². The third-order valence-electron chi connectivity index (χ3n) is 2.44. The van der Waals surface area contributed by atoms with Gasteiger partial charge in [0.25, 0.3) is 5.19 Å². The van der Waals surface area contributed by atoms with Crippen molar-refractivity contribution >= 4 is 56.4 Å². The molecule has 1 aromatic heterocycles. The second-order valence-corrected chi connectivity index (χ2v) is 5.99. The van der Waals surface area contributed by atoms with Crippen molar-refractivity contribution in [1.29, 1.82) is 0 Å². The predicted octanol–water partition coefficient (Wildman–Crippen LogP) is 6.05. The summed E-state index contributed by atoms with van der Waals surface area (Å²) < 4.78 is 6.63. The molecule has 0 aliphatic rings. The lowest BCUT2D eigenvalue weighted by molar-refractivity contribution is 0.480. The van der Waals surface area contributed by atoms with Crippen molar-refractivity contribution < 1.29 is 4.74 Å². The third kappa shape index (κ3) is 2.65. The van der Waals surface area contributed by atoms with Gasteiger partial charge in [-0.25, -0.2) is 4.98 Å². The number of hydrogen-bond donors (Lipinski definition) is 0. The molecule has 0 amide bonds. The van der Waals surface area contributed by atoms with Gasteiger partial charge in [-0.1, -0.05) is 52.2 Å². The first-order chi connectivity index (χ1) is 9.13. The zero-order chi connectivity index (χ0) is 13.4. The largest absolute Gasteiger partial charge is 0.429 e. The Morgan fingerprint density at radius 2 is 1.84 bits per heavy atom. The van der Waals surface area contributed by atoms with Crippen molar-refractivity contribution in [3.8, 4) is 10.9 Å². The van der Waals surface area contributed by atoms with E-state index in [-0.39, 0.29) is 0 Å². The molecular formula is C13H6Cl3NOS. The Balaban J connectivity index is 1.99. The summed E-state index contributed by atoms with van der Waals surface area (Å²) in [5.74, 6) is 0.515. The maximum absolute atomic E-state index is 6.07. The van der Waals surface area contributed by atoms with E-state index in [0.29, 0.717) is 26.0 Å². The molecule has 1 heterocycles. The number of ether oxygens (including phenoxy) is 1. The second kappa shape index (κ2) is 5.17. The highest BCUT2D eigenvalue weighted by atomic mass is 35.5. The lowest BCUT2D eigenvalue weighted by Crippen LogP contribution is -1.84. The van der Waals surface area contributed by atoms with Crippen LogP contribution < -0.4 is 4.74 Å². The summed E-state index contributed by atoms with van der Waals surface area (Å²) in [5.41, 5.74) is 0.731. The summed E-state index contributed by atoms with van der Waals surface area (Å²) in [7, 11) is 0. The van der Waals surface area contributed by atoms with Gasteiger partial charge in [-0.2, -0.15) is 0 Å². The van der Waals surface area contributed by atoms with Gasteiger partial charge >= 0.3 is 0 Å². The van der Waals surface area contributed by atoms with E-state index in [2.05, 4.69) is 4.98 Å². The minimum absolute atomic E-state index is 0.442. The zero-order valence-corrected chi connectivity index (χ0v) is 12.4. The summed E-state index contributed by atoms with van der Waals surface area (Å²) in [6.07, 6.45) is 0. The molecule has 3 rings (SSSR count). The Hall–Kier alpha value is -1.00. The van der Waals surface area contributed by atoms with E-state index in [9.17, 15) is 0 Å². The molecule has 2 nitrogen and oxygen atoms in total. The van der Waals surface area contributed by atoms with Crippen LogP contribution in [0.3, 0.4) is 0 Å². The molecule has 0 fully saturated rings. The average Bonchev–Trinajstić information content (AvgIpc) is 2.77. The fraction of sp³-hybridized carbons (Fsp3) is 0. The highest BCUT2D eigenvalue weighted by Crippen LogP contribution is 2.37. The molecule has 0 aliphatic carbocycles. The Kier molecular flexibility index (Phi) is 3.54. The van der Waals surface area contributed by atoms with Crippen LogP contribution in [-0.4, -0.2) is 4.98 Å². The topological polar surface area (TPSA) is 22.1 Å². The standard InChI is InChI=1S/C13H6Cl3NOS/c14-7-4-5-10(9(16)6-7)18-13-17-12-8(15)2-1-3-11(12)19-13/h1-6H. The summed E-state index contributed by atoms with van der Waals surface area (Å²) in [4.78, 5) is 4.34. The lowest BCUT2D eigenvalue weighted by Gasteiger charge is -2.03. The quantitative estimate of drug-likeness (QED) is 0.570. The van der Waals surface area contributed by atoms with Gasteiger partial charge in [-0.15, -0.1) is 0 Å². The Morgan fingerprint density at radius 1 is 1.00 bits per heavy atom. The smallest absolute Gasteiger partial charge is 0.279 e. The van der Waals surface area contributed by atoms with Crippen LogP contribution in [0, 0.1) is 0 Å². The zero-order valence-electron chi connectivity index (χ0n) is 9.36. The molecule has 0 spiro atoms. The number of thiazole rings is 1. The maximum Gasteiger partial charge on any atom is 0.279 e. The van der Waals surface area contributed by atoms with Gasteiger partial charge < -0.3 is 4.74 Å². The fourth-order valence-electron chi connectivity index (χ4n) is 1.59. The average molecular weight is 331 g/mol. The van der Waals surface area contributed by atoms with Crippen LogP contribution in [0.5, 0.6) is 10.9 Å². The van der Waals surface area contributed by atoms with E-state index in [0.717, 1.165) is 10.2 Å². The van der Waals surface area contributed by atoms with E-state index < -0.39 is 0 Å². The van der Waals surface area contributed by atoms with Crippen LogP contribution in [-0.2, 0) is 0 Å². The summed E-state index contributed by atoms with van der Waals surface area (Å²) in [5, 5.41) is 2.10. The lowest BCUT2D eigenvalue weighted by atomic mass is 10.3. The molecule has 0 radical (unpaired) electrons. The first-order valence-electron chi connectivity index (χ1n) is 5.31. The van der Waals surface area contributed by atoms with E-state index in [1.54, 1.807) is 24.3 Å². The number of halogens is 3. The number of nitrogens with zero attached hydrogens (tertiary/aromatic N) is 1. The monoisotopic (exact) mass is 329 g/mol. The van der Waals surface area contributed by atoms with E-state index >= 15 is 0 Å². The Morgan fingerprint density at radius 3 is 2.58 bits per heavy atom. The highest BCUT2D eigenvalue weighted by molar-refractivity contribution is 7.20. The molecule has 6 heteroatoms. The number of rotatable bonds is 2. The molecule has 0 N–H and O–H groups in total. The fourth-order valence-corrected chi connectivity index (χ4v) is 3.17. The van der Waals surface area contributed by atoms with Crippen molar-refractivity contribution in [3.05, 3.63) is 51.5 Å². The van der Waals surface area contributed by atoms with Gasteiger partial charge in [0.2, 0.25) is 0 Å². The molecule has 96 valence electrons. The number of benzene rings is 2. The SMILES string of the molecule is Clc1ccc(Oc2nc3c(Cl)cccc3s2)c(Cl)c1. The molecule has 0 atom stereocenters. The van der Waals surface area contributed by atoms with Crippen LogP contribution in [0.4, 0.5) is 0 Å². The minimum atomic E-state index is 0.442. The van der Waals surface area contributed by atoms with E-state index in [1.165, 1.54) is 11.3 Å². The number of fused-ring (bicyclic) bond motifs is 1. The van der Waals surface area contributed by atoms with Crippen molar-refractivity contribution in [2.24, 2.45) is 0 Å². The van der Waals surface area contributed by atoms with Crippen molar-refractivity contribution in [2.75, 3.05) is 0 Å². The van der Waals surface area contributed by atoms with Gasteiger partial charge in [0.15, 0.2) is 0 Å². The van der Waals surface area contributed by atoms with Crippen LogP contribution in [0.1, 0.15) is 0 Å². The third-order valence-corrected chi connectivity index (χ3v) is 4.18. The van der Waals surface area contributed by atoms with Gasteiger partial charge in [-0.05, 0) is 30.3 Å². The molecule has 0 unspecified atom stereocenters. The molecule has 0 bridgehead atoms. The first kappa shape index (κ1) is 13.0. The summed E-state index contributed by atoms with van der Waals surface area (Å²) in [6.45, 7) is 0. The Labute approximate surface area is 128 Å². The predicted molar refractivity (Wildman–Crippen MR) is 81.2 cm³/mol. The summed E-state index contributed by atoms with van der Waals surface area (Å²) >= 11 is 19.4. The van der Waals surface area contributed by atoms with Crippen molar-refractivity contribution in [3.63, 3.8) is 0 Å². The van der Waals surface area contributed by atoms with Gasteiger partial charge in [-0.3, -0.25) is 0 Å². The van der Waals surface area contributed by atoms with Gasteiger partial charge in [0, 0.05) is 5.02 Å². The van der Waals surface area contributed by atoms with E-state index in [1.807, 2.05) is 12.1 Å². The van der Waals surface area contributed by atoms with Crippen LogP contribution in [0.25, 0.3) is 10.2 Å². The minimum Gasteiger partial charge on any atom is -0.429 e. The molecule has 2 aromatic carbocycles. The van der Waals surface area contributed by atoms with Crippen LogP contribution in [0.2, 0.25) is 15.1 Å². The summed E-state index contributed by atoms with van der Waals surface area (Å²) in [6, 6.07) is 10.7. The van der Waals surface area contributed by atoms with Crippen molar-refractivity contribution in [2.45, 2.75) is 0 Å². The molecular weight excluding hydrogens is 325 g/mol. The van der Waals surface area contributed by atoms with E-state index in [4.69, 9.17) is 39.5 Å². The number of aromatic nitrogens is 1. The van der Waals surface area contributed by atoms with Gasteiger partial charge in [0.1, 0.15) is 11.3 Å². The molecule has 3 aromatic rings. The highest BCUT2D eigenvalue weighted by Gasteiger charge is 2.10. The normalized spacial score (nSPS) is 10.9. The second-order valence-electron chi connectivity index (χ2n) is 3.74. The molecule has 0 aliphatic heterocycles. The van der Waals surface area contributed by atoms with Crippen LogP contribution in [0.15, 0.2) is 36.4 Å². The first-order valence-corrected chi connectivity index (χ1v) is 7.26. The Bertz CT molecular complexity index is 757. The maximum atomic E-state index is 6.07. The molecule has 19 heavy (non-hydrogen) atoms. The number of para-hydroxylation sites is 1.